The van der Waals surface area contributed by atoms with Crippen molar-refractivity contribution in [3.8, 4) is 0 Å². The number of hydrogen-bond donors (Lipinski definition) is 1. The lowest BCUT2D eigenvalue weighted by Gasteiger charge is -2.49. The van der Waals surface area contributed by atoms with Crippen LogP contribution in [0.5, 0.6) is 0 Å². The summed E-state index contributed by atoms with van der Waals surface area (Å²) in [7, 11) is 1.93. The number of nitrogens with two attached hydrogens (primary N) is 1. The van der Waals surface area contributed by atoms with E-state index >= 15 is 0 Å². The van der Waals surface area contributed by atoms with Crippen LogP contribution in [-0.2, 0) is 0 Å². The second kappa shape index (κ2) is 7.51. The van der Waals surface area contributed by atoms with Crippen LogP contribution in [0.1, 0.15) is 61.7 Å². The van der Waals surface area contributed by atoms with E-state index in [4.69, 9.17) is 5.73 Å². The Labute approximate surface area is 145 Å². The third-order valence-electron chi connectivity index (χ3n) is 5.72. The number of aromatic nitrogens is 1. The summed E-state index contributed by atoms with van der Waals surface area (Å²) in [6.45, 7) is 3.19. The third kappa shape index (κ3) is 3.72. The van der Waals surface area contributed by atoms with Crippen LogP contribution >= 0.6 is 0 Å². The Morgan fingerprint density at radius 1 is 1.17 bits per heavy atom. The minimum absolute atomic E-state index is 0.0458. The van der Waals surface area contributed by atoms with Crippen molar-refractivity contribution in [2.45, 2.75) is 56.9 Å². The SMILES string of the molecule is CN(CC1(N2CCCCC2)CCCCC1)C(=O)c1ccc(N)nc1. The molecule has 0 atom stereocenters. The van der Waals surface area contributed by atoms with Gasteiger partial charge in [-0.25, -0.2) is 4.98 Å². The Hall–Kier alpha value is -1.62. The standard InChI is InChI=1S/C19H30N4O/c1-22(18(24)16-8-9-17(20)21-14-16)15-19(10-4-2-5-11-19)23-12-6-3-7-13-23/h8-9,14H,2-7,10-13,15H2,1H3,(H2,20,21). The minimum atomic E-state index is 0.0458. The molecule has 2 aliphatic rings. The number of pyridine rings is 1. The highest BCUT2D eigenvalue weighted by molar-refractivity contribution is 5.93. The van der Waals surface area contributed by atoms with Crippen LogP contribution in [-0.4, -0.2) is 52.9 Å². The lowest BCUT2D eigenvalue weighted by molar-refractivity contribution is 0.00989. The molecule has 24 heavy (non-hydrogen) atoms. The molecule has 2 heterocycles. The molecule has 0 spiro atoms. The number of anilines is 1. The van der Waals surface area contributed by atoms with Crippen LogP contribution in [0, 0.1) is 0 Å². The predicted molar refractivity (Wildman–Crippen MR) is 96.8 cm³/mol. The zero-order valence-corrected chi connectivity index (χ0v) is 14.8. The van der Waals surface area contributed by atoms with E-state index in [2.05, 4.69) is 9.88 Å². The van der Waals surface area contributed by atoms with Crippen LogP contribution in [0.3, 0.4) is 0 Å². The molecule has 2 fully saturated rings. The molecule has 1 amide bonds. The first-order valence-corrected chi connectivity index (χ1v) is 9.33. The number of rotatable bonds is 4. The maximum absolute atomic E-state index is 12.8. The Balaban J connectivity index is 1.73. The maximum Gasteiger partial charge on any atom is 0.255 e. The van der Waals surface area contributed by atoms with Crippen molar-refractivity contribution in [3.05, 3.63) is 23.9 Å². The van der Waals surface area contributed by atoms with E-state index < -0.39 is 0 Å². The Morgan fingerprint density at radius 3 is 2.46 bits per heavy atom. The van der Waals surface area contributed by atoms with Gasteiger partial charge in [-0.3, -0.25) is 9.69 Å². The van der Waals surface area contributed by atoms with Crippen molar-refractivity contribution in [1.29, 1.82) is 0 Å². The van der Waals surface area contributed by atoms with Gasteiger partial charge in [0.15, 0.2) is 0 Å². The fraction of sp³-hybridized carbons (Fsp3) is 0.684. The first kappa shape index (κ1) is 17.2. The van der Waals surface area contributed by atoms with E-state index in [1.807, 2.05) is 11.9 Å². The quantitative estimate of drug-likeness (QED) is 0.922. The van der Waals surface area contributed by atoms with Crippen LogP contribution in [0.15, 0.2) is 18.3 Å². The molecule has 1 aromatic rings. The molecule has 0 unspecified atom stereocenters. The first-order chi connectivity index (χ1) is 11.6. The number of carbonyl (C=O) groups is 1. The van der Waals surface area contributed by atoms with Gasteiger partial charge in [0.1, 0.15) is 5.82 Å². The molecule has 0 aromatic carbocycles. The smallest absolute Gasteiger partial charge is 0.255 e. The summed E-state index contributed by atoms with van der Waals surface area (Å²) in [6, 6.07) is 3.47. The van der Waals surface area contributed by atoms with E-state index in [0.717, 1.165) is 6.54 Å². The summed E-state index contributed by atoms with van der Waals surface area (Å²) >= 11 is 0. The molecule has 132 valence electrons. The van der Waals surface area contributed by atoms with Crippen LogP contribution in [0.25, 0.3) is 0 Å². The molecule has 5 nitrogen and oxygen atoms in total. The lowest BCUT2D eigenvalue weighted by atomic mass is 9.78. The van der Waals surface area contributed by atoms with E-state index in [0.29, 0.717) is 11.4 Å². The average molecular weight is 330 g/mol. The van der Waals surface area contributed by atoms with E-state index in [1.54, 1.807) is 18.3 Å². The summed E-state index contributed by atoms with van der Waals surface area (Å²) in [5.41, 5.74) is 6.42. The second-order valence-corrected chi connectivity index (χ2v) is 7.47. The van der Waals surface area contributed by atoms with Gasteiger partial charge in [0, 0.05) is 25.3 Å². The number of hydrogen-bond acceptors (Lipinski definition) is 4. The van der Waals surface area contributed by atoms with Gasteiger partial charge >= 0.3 is 0 Å². The number of amides is 1. The predicted octanol–water partition coefficient (Wildman–Crippen LogP) is 2.92. The molecule has 3 rings (SSSR count). The zero-order chi connectivity index (χ0) is 17.0. The highest BCUT2D eigenvalue weighted by Gasteiger charge is 2.40. The Bertz CT molecular complexity index is 545. The van der Waals surface area contributed by atoms with Gasteiger partial charge in [-0.2, -0.15) is 0 Å². The molecular formula is C19H30N4O. The molecule has 0 bridgehead atoms. The van der Waals surface area contributed by atoms with Gasteiger partial charge in [-0.05, 0) is 50.9 Å². The summed E-state index contributed by atoms with van der Waals surface area (Å²) < 4.78 is 0. The molecule has 1 saturated heterocycles. The summed E-state index contributed by atoms with van der Waals surface area (Å²) in [4.78, 5) is 21.4. The molecular weight excluding hydrogens is 300 g/mol. The fourth-order valence-corrected chi connectivity index (χ4v) is 4.42. The van der Waals surface area contributed by atoms with Crippen molar-refractivity contribution in [2.24, 2.45) is 0 Å². The van der Waals surface area contributed by atoms with Gasteiger partial charge in [0.05, 0.1) is 5.56 Å². The number of nitrogen functional groups attached to an aromatic ring is 1. The minimum Gasteiger partial charge on any atom is -0.384 e. The summed E-state index contributed by atoms with van der Waals surface area (Å²) in [5, 5.41) is 0. The Kier molecular flexibility index (Phi) is 5.39. The van der Waals surface area contributed by atoms with E-state index in [1.165, 1.54) is 64.5 Å². The van der Waals surface area contributed by atoms with Crippen molar-refractivity contribution in [2.75, 3.05) is 32.4 Å². The molecule has 1 aromatic heterocycles. The van der Waals surface area contributed by atoms with Gasteiger partial charge in [-0.15, -0.1) is 0 Å². The average Bonchev–Trinajstić information content (AvgIpc) is 2.63. The van der Waals surface area contributed by atoms with Crippen molar-refractivity contribution in [1.82, 2.24) is 14.8 Å². The topological polar surface area (TPSA) is 62.5 Å². The van der Waals surface area contributed by atoms with Gasteiger partial charge < -0.3 is 10.6 Å². The normalized spacial score (nSPS) is 21.4. The Morgan fingerprint density at radius 2 is 1.83 bits per heavy atom. The van der Waals surface area contributed by atoms with Crippen LogP contribution < -0.4 is 5.73 Å². The van der Waals surface area contributed by atoms with Gasteiger partial charge in [0.2, 0.25) is 0 Å². The fourth-order valence-electron chi connectivity index (χ4n) is 4.42. The highest BCUT2D eigenvalue weighted by atomic mass is 16.2. The van der Waals surface area contributed by atoms with Crippen LogP contribution in [0.2, 0.25) is 0 Å². The molecule has 1 aliphatic heterocycles. The number of nitrogens with zero attached hydrogens (tertiary/aromatic N) is 3. The van der Waals surface area contributed by atoms with Crippen LogP contribution in [0.4, 0.5) is 5.82 Å². The molecule has 0 radical (unpaired) electrons. The van der Waals surface area contributed by atoms with E-state index in [9.17, 15) is 4.79 Å². The molecule has 1 saturated carbocycles. The second-order valence-electron chi connectivity index (χ2n) is 7.47. The van der Waals surface area contributed by atoms with Gasteiger partial charge in [0.25, 0.3) is 5.91 Å². The number of carbonyl (C=O) groups excluding carboxylic acids is 1. The largest absolute Gasteiger partial charge is 0.384 e. The third-order valence-corrected chi connectivity index (χ3v) is 5.72. The number of likely N-dealkylation sites (N-methyl/N-ethyl adjacent to an activating group) is 1. The van der Waals surface area contributed by atoms with Gasteiger partial charge in [-0.1, -0.05) is 25.7 Å². The molecule has 2 N–H and O–H groups in total. The monoisotopic (exact) mass is 330 g/mol. The van der Waals surface area contributed by atoms with Crippen molar-refractivity contribution >= 4 is 11.7 Å². The highest BCUT2D eigenvalue weighted by Crippen LogP contribution is 2.36. The molecule has 1 aliphatic carbocycles. The van der Waals surface area contributed by atoms with Crippen molar-refractivity contribution in [3.63, 3.8) is 0 Å². The zero-order valence-electron chi connectivity index (χ0n) is 14.8. The lowest BCUT2D eigenvalue weighted by Crippen LogP contribution is -2.58. The number of likely N-dealkylation sites (tertiary alicyclic amines) is 1. The first-order valence-electron chi connectivity index (χ1n) is 9.33. The molecule has 5 heteroatoms. The van der Waals surface area contributed by atoms with Crippen molar-refractivity contribution < 1.29 is 4.79 Å². The maximum atomic E-state index is 12.8. The summed E-state index contributed by atoms with van der Waals surface area (Å²) in [5.74, 6) is 0.496. The van der Waals surface area contributed by atoms with E-state index in [-0.39, 0.29) is 11.4 Å². The number of piperidine rings is 1. The summed E-state index contributed by atoms with van der Waals surface area (Å²) in [6.07, 6.45) is 11.8.